The molecular weight excluding hydrogens is 280 g/mol. The minimum Gasteiger partial charge on any atom is -0.465 e. The summed E-state index contributed by atoms with van der Waals surface area (Å²) in [5, 5.41) is 0. The molecule has 2 rings (SSSR count). The van der Waals surface area contributed by atoms with E-state index in [1.807, 2.05) is 0 Å². The number of esters is 1. The lowest BCUT2D eigenvalue weighted by Crippen LogP contribution is -2.08. The van der Waals surface area contributed by atoms with E-state index in [2.05, 4.69) is 16.3 Å². The maximum atomic E-state index is 13.6. The number of hydrogen-bond donors (Lipinski definition) is 0. The molecule has 0 saturated heterocycles. The molecule has 2 aromatic rings. The number of hydrogen-bond acceptors (Lipinski definition) is 4. The Morgan fingerprint density at radius 1 is 1.29 bits per heavy atom. The molecule has 108 valence electrons. The highest BCUT2D eigenvalue weighted by Gasteiger charge is 2.21. The van der Waals surface area contributed by atoms with Crippen molar-refractivity contribution in [3.05, 3.63) is 59.8 Å². The summed E-state index contributed by atoms with van der Waals surface area (Å²) in [7, 11) is 1.18. The van der Waals surface area contributed by atoms with Gasteiger partial charge in [0.15, 0.2) is 11.6 Å². The Morgan fingerprint density at radius 3 is 2.52 bits per heavy atom. The summed E-state index contributed by atoms with van der Waals surface area (Å²) in [4.78, 5) is 15.6. The number of carbonyl (C=O) groups excluding carboxylic acids is 1. The molecule has 0 aliphatic rings. The van der Waals surface area contributed by atoms with Crippen molar-refractivity contribution in [2.75, 3.05) is 7.11 Å². The van der Waals surface area contributed by atoms with Crippen LogP contribution in [-0.4, -0.2) is 18.1 Å². The topological polar surface area (TPSA) is 48.4 Å². The molecule has 0 amide bonds. The third kappa shape index (κ3) is 2.89. The SMILES string of the molecule is C=Cc1ccnc(Oc2c(F)cccc2F)c1C(=O)OC. The van der Waals surface area contributed by atoms with Crippen LogP contribution in [0.1, 0.15) is 15.9 Å². The van der Waals surface area contributed by atoms with Gasteiger partial charge in [0.05, 0.1) is 7.11 Å². The van der Waals surface area contributed by atoms with Gasteiger partial charge < -0.3 is 9.47 Å². The maximum Gasteiger partial charge on any atom is 0.344 e. The molecule has 21 heavy (non-hydrogen) atoms. The van der Waals surface area contributed by atoms with Gasteiger partial charge in [-0.3, -0.25) is 0 Å². The van der Waals surface area contributed by atoms with Crippen molar-refractivity contribution in [1.29, 1.82) is 0 Å². The average Bonchev–Trinajstić information content (AvgIpc) is 2.50. The molecule has 4 nitrogen and oxygen atoms in total. The number of methoxy groups -OCH3 is 1. The second kappa shape index (κ2) is 6.13. The number of halogens is 2. The van der Waals surface area contributed by atoms with Gasteiger partial charge in [0.25, 0.3) is 0 Å². The third-order valence-electron chi connectivity index (χ3n) is 2.68. The van der Waals surface area contributed by atoms with E-state index in [9.17, 15) is 13.6 Å². The molecule has 1 heterocycles. The van der Waals surface area contributed by atoms with Gasteiger partial charge in [-0.05, 0) is 23.8 Å². The number of carbonyl (C=O) groups is 1. The fourth-order valence-corrected chi connectivity index (χ4v) is 1.69. The third-order valence-corrected chi connectivity index (χ3v) is 2.68. The summed E-state index contributed by atoms with van der Waals surface area (Å²) in [6.45, 7) is 3.55. The molecule has 1 aromatic carbocycles. The molecule has 0 fully saturated rings. The van der Waals surface area contributed by atoms with Gasteiger partial charge >= 0.3 is 5.97 Å². The largest absolute Gasteiger partial charge is 0.465 e. The summed E-state index contributed by atoms with van der Waals surface area (Å²) in [6, 6.07) is 4.78. The van der Waals surface area contributed by atoms with E-state index in [0.29, 0.717) is 5.56 Å². The fraction of sp³-hybridized carbons (Fsp3) is 0.0667. The van der Waals surface area contributed by atoms with Crippen LogP contribution in [-0.2, 0) is 4.74 Å². The van der Waals surface area contributed by atoms with Gasteiger partial charge in [-0.25, -0.2) is 18.6 Å². The molecule has 0 radical (unpaired) electrons. The smallest absolute Gasteiger partial charge is 0.344 e. The number of para-hydroxylation sites is 1. The van der Waals surface area contributed by atoms with E-state index in [1.165, 1.54) is 31.5 Å². The van der Waals surface area contributed by atoms with E-state index in [0.717, 1.165) is 12.1 Å². The minimum absolute atomic E-state index is 0.0577. The monoisotopic (exact) mass is 291 g/mol. The van der Waals surface area contributed by atoms with Gasteiger partial charge in [0, 0.05) is 6.20 Å². The van der Waals surface area contributed by atoms with E-state index >= 15 is 0 Å². The van der Waals surface area contributed by atoms with E-state index in [1.54, 1.807) is 0 Å². The van der Waals surface area contributed by atoms with Crippen LogP contribution in [0.15, 0.2) is 37.0 Å². The predicted molar refractivity (Wildman–Crippen MR) is 72.1 cm³/mol. The highest BCUT2D eigenvalue weighted by Crippen LogP contribution is 2.30. The normalized spacial score (nSPS) is 10.0. The molecular formula is C15H11F2NO3. The van der Waals surface area contributed by atoms with Crippen molar-refractivity contribution >= 4 is 12.0 Å². The van der Waals surface area contributed by atoms with E-state index in [4.69, 9.17) is 4.74 Å². The molecule has 0 N–H and O–H groups in total. The molecule has 0 bridgehead atoms. The molecule has 0 aliphatic heterocycles. The summed E-state index contributed by atoms with van der Waals surface area (Å²) >= 11 is 0. The molecule has 0 unspecified atom stereocenters. The highest BCUT2D eigenvalue weighted by molar-refractivity contribution is 5.95. The summed E-state index contributed by atoms with van der Waals surface area (Å²) in [5.41, 5.74) is 0.321. The van der Waals surface area contributed by atoms with Crippen molar-refractivity contribution in [2.45, 2.75) is 0 Å². The average molecular weight is 291 g/mol. The Morgan fingerprint density at radius 2 is 1.95 bits per heavy atom. The number of rotatable bonds is 4. The minimum atomic E-state index is -0.906. The zero-order valence-electron chi connectivity index (χ0n) is 11.1. The lowest BCUT2D eigenvalue weighted by atomic mass is 10.1. The van der Waals surface area contributed by atoms with Crippen LogP contribution >= 0.6 is 0 Å². The van der Waals surface area contributed by atoms with Gasteiger partial charge in [0.1, 0.15) is 5.56 Å². The predicted octanol–water partition coefficient (Wildman–Crippen LogP) is 3.58. The van der Waals surface area contributed by atoms with Gasteiger partial charge in [0.2, 0.25) is 11.6 Å². The van der Waals surface area contributed by atoms with Gasteiger partial charge in [-0.2, -0.15) is 0 Å². The molecule has 0 spiro atoms. The van der Waals surface area contributed by atoms with E-state index < -0.39 is 23.4 Å². The molecule has 6 heteroatoms. The van der Waals surface area contributed by atoms with Crippen molar-refractivity contribution in [3.63, 3.8) is 0 Å². The molecule has 1 aromatic heterocycles. The van der Waals surface area contributed by atoms with Crippen molar-refractivity contribution in [1.82, 2.24) is 4.98 Å². The number of aromatic nitrogens is 1. The molecule has 0 aliphatic carbocycles. The first-order chi connectivity index (χ1) is 10.1. The lowest BCUT2D eigenvalue weighted by molar-refractivity contribution is 0.0596. The van der Waals surface area contributed by atoms with Crippen LogP contribution in [0.5, 0.6) is 11.6 Å². The standard InChI is InChI=1S/C15H11F2NO3/c1-3-9-7-8-18-14(12(9)15(19)20-2)21-13-10(16)5-4-6-11(13)17/h3-8H,1H2,2H3. The quantitative estimate of drug-likeness (QED) is 0.808. The van der Waals surface area contributed by atoms with E-state index in [-0.39, 0.29) is 11.4 Å². The van der Waals surface area contributed by atoms with Crippen LogP contribution in [0.3, 0.4) is 0 Å². The summed E-state index contributed by atoms with van der Waals surface area (Å²) < 4.78 is 37.0. The Kier molecular flexibility index (Phi) is 4.27. The van der Waals surface area contributed by atoms with Crippen LogP contribution in [0, 0.1) is 11.6 Å². The molecule has 0 saturated carbocycles. The second-order valence-electron chi connectivity index (χ2n) is 3.93. The van der Waals surface area contributed by atoms with Crippen LogP contribution in [0.4, 0.5) is 8.78 Å². The maximum absolute atomic E-state index is 13.6. The zero-order chi connectivity index (χ0) is 15.4. The summed E-state index contributed by atoms with van der Waals surface area (Å²) in [5.74, 6) is -3.46. The Hall–Kier alpha value is -2.76. The van der Waals surface area contributed by atoms with Crippen molar-refractivity contribution in [2.24, 2.45) is 0 Å². The Bertz CT molecular complexity index is 681. The van der Waals surface area contributed by atoms with Gasteiger partial charge in [-0.15, -0.1) is 0 Å². The summed E-state index contributed by atoms with van der Waals surface area (Å²) in [6.07, 6.45) is 2.72. The second-order valence-corrected chi connectivity index (χ2v) is 3.93. The Balaban J connectivity index is 2.54. The first-order valence-corrected chi connectivity index (χ1v) is 5.90. The number of benzene rings is 1. The van der Waals surface area contributed by atoms with Crippen LogP contribution < -0.4 is 4.74 Å². The number of ether oxygens (including phenoxy) is 2. The van der Waals surface area contributed by atoms with Crippen LogP contribution in [0.25, 0.3) is 6.08 Å². The molecule has 0 atom stereocenters. The van der Waals surface area contributed by atoms with Crippen molar-refractivity contribution in [3.8, 4) is 11.6 Å². The van der Waals surface area contributed by atoms with Gasteiger partial charge in [-0.1, -0.05) is 18.7 Å². The highest BCUT2D eigenvalue weighted by atomic mass is 19.1. The van der Waals surface area contributed by atoms with Crippen molar-refractivity contribution < 1.29 is 23.0 Å². The first-order valence-electron chi connectivity index (χ1n) is 5.90. The Labute approximate surface area is 119 Å². The first kappa shape index (κ1) is 14.6. The van der Waals surface area contributed by atoms with Crippen LogP contribution in [0.2, 0.25) is 0 Å². The fourth-order valence-electron chi connectivity index (χ4n) is 1.69. The lowest BCUT2D eigenvalue weighted by Gasteiger charge is -2.11. The number of pyridine rings is 1. The zero-order valence-corrected chi connectivity index (χ0v) is 11.1. The number of nitrogens with zero attached hydrogens (tertiary/aromatic N) is 1.